The average molecular weight is 222 g/mol. The lowest BCUT2D eigenvalue weighted by Crippen LogP contribution is -2.20. The maximum absolute atomic E-state index is 5.52. The van der Waals surface area contributed by atoms with Gasteiger partial charge in [0.05, 0.1) is 0 Å². The van der Waals surface area contributed by atoms with Gasteiger partial charge in [0.25, 0.3) is 0 Å². The molecule has 16 heavy (non-hydrogen) atoms. The minimum absolute atomic E-state index is 0.347. The minimum Gasteiger partial charge on any atom is -0.367 e. The van der Waals surface area contributed by atoms with Gasteiger partial charge in [0.1, 0.15) is 11.6 Å². The van der Waals surface area contributed by atoms with Gasteiger partial charge >= 0.3 is 0 Å². The van der Waals surface area contributed by atoms with E-state index in [4.69, 9.17) is 5.73 Å². The Morgan fingerprint density at radius 3 is 2.56 bits per heavy atom. The summed E-state index contributed by atoms with van der Waals surface area (Å²) in [7, 11) is 0. The van der Waals surface area contributed by atoms with Crippen molar-refractivity contribution >= 4 is 5.82 Å². The molecule has 4 nitrogen and oxygen atoms in total. The Labute approximate surface area is 97.7 Å². The van der Waals surface area contributed by atoms with Crippen LogP contribution in [-0.2, 0) is 0 Å². The third-order valence-electron chi connectivity index (χ3n) is 2.38. The molecule has 1 rings (SSSR count). The summed E-state index contributed by atoms with van der Waals surface area (Å²) in [5.74, 6) is 2.14. The standard InChI is InChI=1S/C12H22N4/c1-8(2)12-15-10(4)7-11(16-12)14-9(3)5-6-13/h7-9H,5-6,13H2,1-4H3,(H,14,15,16). The van der Waals surface area contributed by atoms with Crippen LogP contribution in [0.2, 0.25) is 0 Å². The molecular weight excluding hydrogens is 200 g/mol. The summed E-state index contributed by atoms with van der Waals surface area (Å²) in [4.78, 5) is 8.90. The quantitative estimate of drug-likeness (QED) is 0.800. The molecule has 0 saturated carbocycles. The summed E-state index contributed by atoms with van der Waals surface area (Å²) < 4.78 is 0. The van der Waals surface area contributed by atoms with Crippen molar-refractivity contribution in [3.63, 3.8) is 0 Å². The van der Waals surface area contributed by atoms with Crippen LogP contribution >= 0.6 is 0 Å². The van der Waals surface area contributed by atoms with E-state index in [1.54, 1.807) is 0 Å². The van der Waals surface area contributed by atoms with Crippen molar-refractivity contribution in [1.82, 2.24) is 9.97 Å². The van der Waals surface area contributed by atoms with Gasteiger partial charge in [0, 0.05) is 23.7 Å². The van der Waals surface area contributed by atoms with Crippen LogP contribution in [0.1, 0.15) is 44.6 Å². The van der Waals surface area contributed by atoms with Crippen LogP contribution < -0.4 is 11.1 Å². The number of aryl methyl sites for hydroxylation is 1. The number of rotatable bonds is 5. The predicted molar refractivity (Wildman–Crippen MR) is 67.6 cm³/mol. The molecule has 1 atom stereocenters. The van der Waals surface area contributed by atoms with Gasteiger partial charge in [-0.1, -0.05) is 13.8 Å². The number of hydrogen-bond acceptors (Lipinski definition) is 4. The highest BCUT2D eigenvalue weighted by Crippen LogP contribution is 2.14. The molecule has 0 aromatic carbocycles. The predicted octanol–water partition coefficient (Wildman–Crippen LogP) is 2.06. The van der Waals surface area contributed by atoms with E-state index in [0.717, 1.165) is 23.8 Å². The van der Waals surface area contributed by atoms with Crippen LogP contribution in [0.15, 0.2) is 6.07 Å². The Hall–Kier alpha value is -1.16. The van der Waals surface area contributed by atoms with Gasteiger partial charge in [-0.15, -0.1) is 0 Å². The molecule has 0 spiro atoms. The number of nitrogens with one attached hydrogen (secondary N) is 1. The lowest BCUT2D eigenvalue weighted by atomic mass is 10.2. The summed E-state index contributed by atoms with van der Waals surface area (Å²) in [6.45, 7) is 8.99. The zero-order valence-electron chi connectivity index (χ0n) is 10.6. The molecule has 0 fully saturated rings. The molecular formula is C12H22N4. The van der Waals surface area contributed by atoms with Crippen LogP contribution in [0.4, 0.5) is 5.82 Å². The molecule has 0 aliphatic heterocycles. The van der Waals surface area contributed by atoms with E-state index in [1.165, 1.54) is 0 Å². The lowest BCUT2D eigenvalue weighted by molar-refractivity contribution is 0.705. The third kappa shape index (κ3) is 3.77. The molecule has 4 heteroatoms. The first-order valence-electron chi connectivity index (χ1n) is 5.85. The molecule has 0 radical (unpaired) electrons. The van der Waals surface area contributed by atoms with Crippen molar-refractivity contribution in [1.29, 1.82) is 0 Å². The third-order valence-corrected chi connectivity index (χ3v) is 2.38. The number of nitrogens with zero attached hydrogens (tertiary/aromatic N) is 2. The van der Waals surface area contributed by atoms with Gasteiger partial charge in [-0.2, -0.15) is 0 Å². The largest absolute Gasteiger partial charge is 0.367 e. The zero-order chi connectivity index (χ0) is 12.1. The van der Waals surface area contributed by atoms with Crippen LogP contribution in [0.25, 0.3) is 0 Å². The Morgan fingerprint density at radius 1 is 1.31 bits per heavy atom. The van der Waals surface area contributed by atoms with Crippen molar-refractivity contribution in [2.24, 2.45) is 5.73 Å². The summed E-state index contributed by atoms with van der Waals surface area (Å²) >= 11 is 0. The second-order valence-corrected chi connectivity index (χ2v) is 4.53. The number of nitrogens with two attached hydrogens (primary N) is 1. The molecule has 0 saturated heterocycles. The van der Waals surface area contributed by atoms with E-state index in [-0.39, 0.29) is 0 Å². The first-order valence-corrected chi connectivity index (χ1v) is 5.85. The smallest absolute Gasteiger partial charge is 0.133 e. The van der Waals surface area contributed by atoms with Gasteiger partial charge < -0.3 is 11.1 Å². The van der Waals surface area contributed by atoms with Gasteiger partial charge in [-0.05, 0) is 26.8 Å². The Kier molecular flexibility index (Phi) is 4.68. The zero-order valence-corrected chi connectivity index (χ0v) is 10.6. The van der Waals surface area contributed by atoms with E-state index in [2.05, 4.69) is 36.1 Å². The second-order valence-electron chi connectivity index (χ2n) is 4.53. The molecule has 0 aliphatic carbocycles. The minimum atomic E-state index is 0.347. The van der Waals surface area contributed by atoms with Crippen molar-refractivity contribution in [3.05, 3.63) is 17.6 Å². The monoisotopic (exact) mass is 222 g/mol. The van der Waals surface area contributed by atoms with Crippen LogP contribution in [0, 0.1) is 6.92 Å². The van der Waals surface area contributed by atoms with E-state index >= 15 is 0 Å². The lowest BCUT2D eigenvalue weighted by Gasteiger charge is -2.15. The Balaban J connectivity index is 2.80. The van der Waals surface area contributed by atoms with Crippen molar-refractivity contribution < 1.29 is 0 Å². The Bertz CT molecular complexity index is 336. The Morgan fingerprint density at radius 2 is 2.00 bits per heavy atom. The van der Waals surface area contributed by atoms with Crippen LogP contribution in [-0.4, -0.2) is 22.6 Å². The van der Waals surface area contributed by atoms with Crippen molar-refractivity contribution in [2.45, 2.75) is 46.1 Å². The van der Waals surface area contributed by atoms with Crippen molar-refractivity contribution in [3.8, 4) is 0 Å². The van der Waals surface area contributed by atoms with E-state index < -0.39 is 0 Å². The number of anilines is 1. The first kappa shape index (κ1) is 12.9. The maximum Gasteiger partial charge on any atom is 0.133 e. The molecule has 1 unspecified atom stereocenters. The maximum atomic E-state index is 5.52. The van der Waals surface area contributed by atoms with E-state index in [1.807, 2.05) is 13.0 Å². The highest BCUT2D eigenvalue weighted by Gasteiger charge is 2.07. The second kappa shape index (κ2) is 5.80. The molecule has 0 bridgehead atoms. The molecule has 1 aromatic heterocycles. The molecule has 0 amide bonds. The van der Waals surface area contributed by atoms with Gasteiger partial charge in [-0.3, -0.25) is 0 Å². The average Bonchev–Trinajstić information content (AvgIpc) is 2.16. The summed E-state index contributed by atoms with van der Waals surface area (Å²) in [5.41, 5.74) is 6.52. The van der Waals surface area contributed by atoms with Crippen molar-refractivity contribution in [2.75, 3.05) is 11.9 Å². The van der Waals surface area contributed by atoms with Gasteiger partial charge in [0.2, 0.25) is 0 Å². The highest BCUT2D eigenvalue weighted by molar-refractivity contribution is 5.37. The van der Waals surface area contributed by atoms with Gasteiger partial charge in [0.15, 0.2) is 0 Å². The summed E-state index contributed by atoms with van der Waals surface area (Å²) in [5, 5.41) is 3.35. The van der Waals surface area contributed by atoms with E-state index in [0.29, 0.717) is 18.5 Å². The van der Waals surface area contributed by atoms with Gasteiger partial charge in [-0.25, -0.2) is 9.97 Å². The SMILES string of the molecule is Cc1cc(NC(C)CCN)nc(C(C)C)n1. The fourth-order valence-corrected chi connectivity index (χ4v) is 1.50. The molecule has 1 heterocycles. The molecule has 90 valence electrons. The fourth-order valence-electron chi connectivity index (χ4n) is 1.50. The van der Waals surface area contributed by atoms with Crippen LogP contribution in [0.5, 0.6) is 0 Å². The molecule has 0 aliphatic rings. The topological polar surface area (TPSA) is 63.8 Å². The molecule has 3 N–H and O–H groups in total. The summed E-state index contributed by atoms with van der Waals surface area (Å²) in [6, 6.07) is 2.32. The summed E-state index contributed by atoms with van der Waals surface area (Å²) in [6.07, 6.45) is 0.945. The van der Waals surface area contributed by atoms with E-state index in [9.17, 15) is 0 Å². The highest BCUT2D eigenvalue weighted by atomic mass is 15.0. The number of aromatic nitrogens is 2. The normalized spacial score (nSPS) is 12.9. The molecule has 1 aromatic rings. The fraction of sp³-hybridized carbons (Fsp3) is 0.667. The first-order chi connectivity index (χ1) is 7.52. The number of hydrogen-bond donors (Lipinski definition) is 2. The van der Waals surface area contributed by atoms with Crippen LogP contribution in [0.3, 0.4) is 0 Å².